The van der Waals surface area contributed by atoms with Crippen LogP contribution in [0.25, 0.3) is 0 Å². The van der Waals surface area contributed by atoms with Crippen molar-refractivity contribution in [3.63, 3.8) is 0 Å². The number of hydrogen-bond acceptors (Lipinski definition) is 5. The molecule has 0 aliphatic carbocycles. The summed E-state index contributed by atoms with van der Waals surface area (Å²) in [7, 11) is 3.35. The van der Waals surface area contributed by atoms with Crippen molar-refractivity contribution < 1.29 is 19.1 Å². The molecule has 29 heavy (non-hydrogen) atoms. The molecule has 1 atom stereocenters. The van der Waals surface area contributed by atoms with Crippen LogP contribution in [0, 0.1) is 6.92 Å². The number of aryl methyl sites for hydroxylation is 1. The summed E-state index contributed by atoms with van der Waals surface area (Å²) >= 11 is 0. The molecule has 2 amide bonds. The van der Waals surface area contributed by atoms with Gasteiger partial charge in [0.15, 0.2) is 17.6 Å². The van der Waals surface area contributed by atoms with Gasteiger partial charge in [-0.2, -0.15) is 5.10 Å². The lowest BCUT2D eigenvalue weighted by molar-refractivity contribution is -0.135. The second-order valence-corrected chi connectivity index (χ2v) is 6.70. The van der Waals surface area contributed by atoms with E-state index in [9.17, 15) is 9.59 Å². The molecule has 7 heteroatoms. The van der Waals surface area contributed by atoms with Crippen molar-refractivity contribution >= 4 is 18.0 Å². The number of nitrogens with zero attached hydrogens (tertiary/aromatic N) is 2. The zero-order valence-corrected chi connectivity index (χ0v) is 17.4. The fraction of sp³-hybridized carbons (Fsp3) is 0.318. The molecule has 0 bridgehead atoms. The van der Waals surface area contributed by atoms with Gasteiger partial charge in [-0.3, -0.25) is 9.59 Å². The quantitative estimate of drug-likeness (QED) is 0.548. The van der Waals surface area contributed by atoms with Crippen LogP contribution in [0.2, 0.25) is 0 Å². The highest BCUT2D eigenvalue weighted by atomic mass is 16.5. The van der Waals surface area contributed by atoms with Gasteiger partial charge in [0, 0.05) is 19.7 Å². The summed E-state index contributed by atoms with van der Waals surface area (Å²) in [6.45, 7) is 5.95. The van der Waals surface area contributed by atoms with Crippen LogP contribution in [0.3, 0.4) is 0 Å². The predicted octanol–water partition coefficient (Wildman–Crippen LogP) is 3.01. The van der Waals surface area contributed by atoms with Gasteiger partial charge >= 0.3 is 0 Å². The Kier molecular flexibility index (Phi) is 7.77. The number of likely N-dealkylation sites (N-methyl/N-ethyl adjacent to an activating group) is 1. The topological polar surface area (TPSA) is 80.2 Å². The zero-order valence-electron chi connectivity index (χ0n) is 17.4. The Morgan fingerprint density at radius 3 is 2.45 bits per heavy atom. The molecule has 0 fully saturated rings. The van der Waals surface area contributed by atoms with Gasteiger partial charge in [-0.05, 0) is 56.7 Å². The Labute approximate surface area is 171 Å². The molecular formula is C22H27N3O4. The van der Waals surface area contributed by atoms with Crippen LogP contribution in [0.15, 0.2) is 47.6 Å². The number of carbonyl (C=O) groups excluding carboxylic acids is 2. The van der Waals surface area contributed by atoms with Crippen molar-refractivity contribution in [1.82, 2.24) is 10.3 Å². The minimum Gasteiger partial charge on any atom is -0.490 e. The first-order valence-corrected chi connectivity index (χ1v) is 9.36. The van der Waals surface area contributed by atoms with E-state index >= 15 is 0 Å². The summed E-state index contributed by atoms with van der Waals surface area (Å²) < 4.78 is 11.4. The zero-order chi connectivity index (χ0) is 21.4. The van der Waals surface area contributed by atoms with E-state index < -0.39 is 6.10 Å². The summed E-state index contributed by atoms with van der Waals surface area (Å²) in [5.74, 6) is 0.536. The van der Waals surface area contributed by atoms with Crippen molar-refractivity contribution in [3.8, 4) is 11.5 Å². The molecule has 0 aromatic heterocycles. The van der Waals surface area contributed by atoms with Crippen molar-refractivity contribution in [2.45, 2.75) is 26.9 Å². The Morgan fingerprint density at radius 2 is 1.83 bits per heavy atom. The van der Waals surface area contributed by atoms with E-state index in [1.54, 1.807) is 51.4 Å². The van der Waals surface area contributed by atoms with Crippen LogP contribution >= 0.6 is 0 Å². The first kappa shape index (κ1) is 21.9. The average Bonchev–Trinajstić information content (AvgIpc) is 2.69. The third kappa shape index (κ3) is 6.34. The third-order valence-electron chi connectivity index (χ3n) is 4.05. The average molecular weight is 397 g/mol. The van der Waals surface area contributed by atoms with Crippen LogP contribution in [0.5, 0.6) is 11.5 Å². The first-order valence-electron chi connectivity index (χ1n) is 9.36. The summed E-state index contributed by atoms with van der Waals surface area (Å²) in [4.78, 5) is 25.6. The molecule has 2 aromatic rings. The number of rotatable bonds is 8. The number of nitrogens with one attached hydrogen (secondary N) is 1. The maximum Gasteiger partial charge on any atom is 0.271 e. The Bertz CT molecular complexity index is 876. The number of carbonyl (C=O) groups is 2. The van der Waals surface area contributed by atoms with Crippen LogP contribution in [0.1, 0.15) is 35.3 Å². The smallest absolute Gasteiger partial charge is 0.271 e. The molecule has 2 aromatic carbocycles. The number of amides is 2. The number of hydrogen-bond donors (Lipinski definition) is 1. The highest BCUT2D eigenvalue weighted by Crippen LogP contribution is 2.29. The van der Waals surface area contributed by atoms with Crippen LogP contribution in [-0.2, 0) is 4.79 Å². The lowest BCUT2D eigenvalue weighted by Gasteiger charge is -2.20. The van der Waals surface area contributed by atoms with E-state index in [-0.39, 0.29) is 11.8 Å². The lowest BCUT2D eigenvalue weighted by atomic mass is 10.1. The van der Waals surface area contributed by atoms with Gasteiger partial charge < -0.3 is 14.4 Å². The minimum absolute atomic E-state index is 0.142. The normalized spacial score (nSPS) is 11.8. The molecule has 0 unspecified atom stereocenters. The van der Waals surface area contributed by atoms with E-state index in [0.29, 0.717) is 23.7 Å². The molecule has 0 aliphatic heterocycles. The summed E-state index contributed by atoms with van der Waals surface area (Å²) in [6, 6.07) is 12.5. The van der Waals surface area contributed by atoms with E-state index in [2.05, 4.69) is 10.5 Å². The van der Waals surface area contributed by atoms with Crippen LogP contribution in [-0.4, -0.2) is 49.7 Å². The number of hydrazone groups is 1. The SMILES string of the molecule is CCOc1cc(/C=N\NC(=O)c2ccc(C)cc2)ccc1O[C@H](C)C(=O)N(C)C. The molecule has 0 spiro atoms. The van der Waals surface area contributed by atoms with Gasteiger partial charge in [0.25, 0.3) is 11.8 Å². The lowest BCUT2D eigenvalue weighted by Crippen LogP contribution is -2.35. The maximum atomic E-state index is 12.1. The predicted molar refractivity (Wildman–Crippen MR) is 113 cm³/mol. The van der Waals surface area contributed by atoms with Crippen molar-refractivity contribution in [1.29, 1.82) is 0 Å². The van der Waals surface area contributed by atoms with Gasteiger partial charge in [0.05, 0.1) is 12.8 Å². The molecule has 0 aliphatic rings. The third-order valence-corrected chi connectivity index (χ3v) is 4.05. The Morgan fingerprint density at radius 1 is 1.14 bits per heavy atom. The van der Waals surface area contributed by atoms with Gasteiger partial charge in [-0.1, -0.05) is 17.7 Å². The van der Waals surface area contributed by atoms with Gasteiger partial charge in [0.1, 0.15) is 0 Å². The highest BCUT2D eigenvalue weighted by Gasteiger charge is 2.18. The fourth-order valence-electron chi connectivity index (χ4n) is 2.51. The van der Waals surface area contributed by atoms with E-state index in [0.717, 1.165) is 11.1 Å². The Balaban J connectivity index is 2.08. The van der Waals surface area contributed by atoms with Crippen LogP contribution < -0.4 is 14.9 Å². The molecular weight excluding hydrogens is 370 g/mol. The van der Waals surface area contributed by atoms with E-state index in [1.165, 1.54) is 11.1 Å². The largest absolute Gasteiger partial charge is 0.490 e. The van der Waals surface area contributed by atoms with Gasteiger partial charge in [0.2, 0.25) is 0 Å². The molecule has 0 radical (unpaired) electrons. The first-order chi connectivity index (χ1) is 13.8. The Hall–Kier alpha value is -3.35. The molecule has 0 saturated carbocycles. The summed E-state index contributed by atoms with van der Waals surface area (Å²) in [5.41, 5.74) is 4.83. The molecule has 7 nitrogen and oxygen atoms in total. The van der Waals surface area contributed by atoms with E-state index in [4.69, 9.17) is 9.47 Å². The number of ether oxygens (including phenoxy) is 2. The molecule has 1 N–H and O–H groups in total. The van der Waals surface area contributed by atoms with Gasteiger partial charge in [-0.25, -0.2) is 5.43 Å². The van der Waals surface area contributed by atoms with Gasteiger partial charge in [-0.15, -0.1) is 0 Å². The second-order valence-electron chi connectivity index (χ2n) is 6.70. The van der Waals surface area contributed by atoms with E-state index in [1.807, 2.05) is 26.0 Å². The fourth-order valence-corrected chi connectivity index (χ4v) is 2.51. The maximum absolute atomic E-state index is 12.1. The molecule has 154 valence electrons. The van der Waals surface area contributed by atoms with Crippen molar-refractivity contribution in [3.05, 3.63) is 59.2 Å². The summed E-state index contributed by atoms with van der Waals surface area (Å²) in [6.07, 6.45) is 0.879. The van der Waals surface area contributed by atoms with Crippen LogP contribution in [0.4, 0.5) is 0 Å². The minimum atomic E-state index is -0.641. The number of benzene rings is 2. The molecule has 0 saturated heterocycles. The monoisotopic (exact) mass is 397 g/mol. The second kappa shape index (κ2) is 10.3. The summed E-state index contributed by atoms with van der Waals surface area (Å²) in [5, 5.41) is 4.00. The van der Waals surface area contributed by atoms with Crippen molar-refractivity contribution in [2.75, 3.05) is 20.7 Å². The molecule has 0 heterocycles. The standard InChI is InChI=1S/C22H27N3O4/c1-6-28-20-13-17(9-12-19(20)29-16(3)22(27)25(4)5)14-23-24-21(26)18-10-7-15(2)8-11-18/h7-14,16H,6H2,1-5H3,(H,24,26)/b23-14-/t16-/m1/s1. The highest BCUT2D eigenvalue weighted by molar-refractivity contribution is 5.95. The molecule has 2 rings (SSSR count). The van der Waals surface area contributed by atoms with Crippen molar-refractivity contribution in [2.24, 2.45) is 5.10 Å².